The fraction of sp³-hybridized carbons (Fsp3) is 0.750. The molecule has 1 N–H and O–H groups in total. The Morgan fingerprint density at radius 1 is 1.04 bits per heavy atom. The molecule has 1 heterocycles. The fourth-order valence-electron chi connectivity index (χ4n) is 1.55. The molecule has 0 unspecified atom stereocenters. The van der Waals surface area contributed by atoms with Crippen molar-refractivity contribution in [3.8, 4) is 0 Å². The molecule has 1 rings (SSSR count). The normalized spacial score (nSPS) is 14.7. The molecule has 136 valence electrons. The number of hydrazine groups is 1. The third kappa shape index (κ3) is 6.60. The molecule has 0 aromatic heterocycles. The Balaban J connectivity index is 3.10. The van der Waals surface area contributed by atoms with E-state index < -0.39 is 0 Å². The third-order valence-electron chi connectivity index (χ3n) is 2.63. The van der Waals surface area contributed by atoms with E-state index in [2.05, 4.69) is 15.6 Å². The first kappa shape index (κ1) is 20.0. The number of hydrogen-bond acceptors (Lipinski definition) is 8. The highest BCUT2D eigenvalue weighted by molar-refractivity contribution is 6.00. The minimum Gasteiger partial charge on any atom is -0.485 e. The molecule has 8 heteroatoms. The largest absolute Gasteiger partial charge is 0.485 e. The van der Waals surface area contributed by atoms with Crippen LogP contribution in [-0.4, -0.2) is 36.9 Å². The molecule has 0 saturated carbocycles. The standard InChI is InChI=1S/C16H28N4O4/c1-11(2)7-22-14-15(17-10-21)18-19-20(24-9-13(5)6)16(14)23-8-12(3)4/h11-13,19H,7-9H2,1-6H3. The second-order valence-corrected chi connectivity index (χ2v) is 6.77. The van der Waals surface area contributed by atoms with E-state index >= 15 is 0 Å². The van der Waals surface area contributed by atoms with Gasteiger partial charge in [0.1, 0.15) is 0 Å². The molecular formula is C16H28N4O4. The van der Waals surface area contributed by atoms with Gasteiger partial charge in [-0.1, -0.05) is 41.5 Å². The molecule has 1 aliphatic heterocycles. The minimum absolute atomic E-state index is 0.0776. The molecule has 0 spiro atoms. The molecular weight excluding hydrogens is 312 g/mol. The summed E-state index contributed by atoms with van der Waals surface area (Å²) in [7, 11) is 0. The number of nitrogens with zero attached hydrogens (tertiary/aromatic N) is 3. The van der Waals surface area contributed by atoms with E-state index in [0.29, 0.717) is 37.5 Å². The van der Waals surface area contributed by atoms with Gasteiger partial charge >= 0.3 is 0 Å². The number of rotatable bonds is 9. The SMILES string of the molecule is CC(C)COC1=C(OCC(C)C)N(OCC(C)C)NN=C1N=C=O. The van der Waals surface area contributed by atoms with Gasteiger partial charge < -0.3 is 9.47 Å². The lowest BCUT2D eigenvalue weighted by Gasteiger charge is -2.30. The van der Waals surface area contributed by atoms with E-state index in [1.165, 1.54) is 11.3 Å². The van der Waals surface area contributed by atoms with Crippen LogP contribution >= 0.6 is 0 Å². The van der Waals surface area contributed by atoms with E-state index in [4.69, 9.17) is 14.3 Å². The molecule has 0 fully saturated rings. The molecule has 0 aliphatic carbocycles. The lowest BCUT2D eigenvalue weighted by molar-refractivity contribution is -0.212. The third-order valence-corrected chi connectivity index (χ3v) is 2.63. The van der Waals surface area contributed by atoms with Gasteiger partial charge in [-0.25, -0.2) is 9.63 Å². The summed E-state index contributed by atoms with van der Waals surface area (Å²) in [5, 5.41) is 5.30. The van der Waals surface area contributed by atoms with Crippen LogP contribution in [0.2, 0.25) is 0 Å². The van der Waals surface area contributed by atoms with Crippen LogP contribution in [0.15, 0.2) is 21.7 Å². The van der Waals surface area contributed by atoms with Crippen molar-refractivity contribution in [2.75, 3.05) is 19.8 Å². The molecule has 0 bridgehead atoms. The highest BCUT2D eigenvalue weighted by atomic mass is 16.7. The number of aliphatic imine (C=N–C) groups is 1. The van der Waals surface area contributed by atoms with Crippen molar-refractivity contribution >= 4 is 11.9 Å². The van der Waals surface area contributed by atoms with Crippen LogP contribution in [0.4, 0.5) is 0 Å². The Bertz CT molecular complexity index is 508. The summed E-state index contributed by atoms with van der Waals surface area (Å²) in [5.74, 6) is 1.53. The number of hydrogen-bond donors (Lipinski definition) is 1. The van der Waals surface area contributed by atoms with Crippen LogP contribution in [-0.2, 0) is 19.1 Å². The molecule has 0 saturated heterocycles. The summed E-state index contributed by atoms with van der Waals surface area (Å²) in [5.41, 5.74) is 2.66. The number of amidine groups is 1. The maximum absolute atomic E-state index is 10.7. The first-order chi connectivity index (χ1) is 11.3. The zero-order valence-corrected chi connectivity index (χ0v) is 15.3. The summed E-state index contributed by atoms with van der Waals surface area (Å²) in [4.78, 5) is 19.9. The van der Waals surface area contributed by atoms with Gasteiger partial charge in [0, 0.05) is 0 Å². The smallest absolute Gasteiger partial charge is 0.284 e. The zero-order chi connectivity index (χ0) is 18.1. The van der Waals surface area contributed by atoms with Gasteiger partial charge in [-0.15, -0.1) is 15.3 Å². The van der Waals surface area contributed by atoms with Crippen LogP contribution in [0.3, 0.4) is 0 Å². The summed E-state index contributed by atoms with van der Waals surface area (Å²) in [6.07, 6.45) is 1.48. The monoisotopic (exact) mass is 340 g/mol. The van der Waals surface area contributed by atoms with Crippen molar-refractivity contribution in [2.45, 2.75) is 41.5 Å². The average molecular weight is 340 g/mol. The molecule has 0 aromatic carbocycles. The highest BCUT2D eigenvalue weighted by Crippen LogP contribution is 2.21. The second kappa shape index (κ2) is 9.95. The van der Waals surface area contributed by atoms with Gasteiger partial charge in [-0.3, -0.25) is 0 Å². The van der Waals surface area contributed by atoms with E-state index in [1.54, 1.807) is 0 Å². The van der Waals surface area contributed by atoms with Crippen molar-refractivity contribution < 1.29 is 19.1 Å². The van der Waals surface area contributed by atoms with Crippen LogP contribution in [0.5, 0.6) is 0 Å². The minimum atomic E-state index is 0.0776. The Labute approximate surface area is 143 Å². The van der Waals surface area contributed by atoms with Gasteiger partial charge in [0.25, 0.3) is 5.88 Å². The Morgan fingerprint density at radius 3 is 2.17 bits per heavy atom. The number of ether oxygens (including phenoxy) is 2. The number of nitrogens with one attached hydrogen (secondary N) is 1. The van der Waals surface area contributed by atoms with Crippen molar-refractivity contribution in [1.82, 2.24) is 10.7 Å². The molecule has 24 heavy (non-hydrogen) atoms. The van der Waals surface area contributed by atoms with Crippen molar-refractivity contribution in [2.24, 2.45) is 27.8 Å². The summed E-state index contributed by atoms with van der Waals surface area (Å²) in [6.45, 7) is 13.5. The second-order valence-electron chi connectivity index (χ2n) is 6.77. The molecule has 0 radical (unpaired) electrons. The number of hydroxylamine groups is 1. The molecule has 0 aromatic rings. The zero-order valence-electron chi connectivity index (χ0n) is 15.3. The number of hydrazone groups is 1. The lowest BCUT2D eigenvalue weighted by atomic mass is 10.2. The van der Waals surface area contributed by atoms with Gasteiger partial charge in [0.2, 0.25) is 17.7 Å². The van der Waals surface area contributed by atoms with Gasteiger partial charge in [-0.2, -0.15) is 5.53 Å². The van der Waals surface area contributed by atoms with Crippen LogP contribution in [0, 0.1) is 17.8 Å². The first-order valence-electron chi connectivity index (χ1n) is 8.19. The first-order valence-corrected chi connectivity index (χ1v) is 8.19. The maximum atomic E-state index is 10.7. The number of carbonyl (C=O) groups excluding carboxylic acids is 1. The predicted molar refractivity (Wildman–Crippen MR) is 89.9 cm³/mol. The summed E-state index contributed by atoms with van der Waals surface area (Å²) in [6, 6.07) is 0. The highest BCUT2D eigenvalue weighted by Gasteiger charge is 2.29. The van der Waals surface area contributed by atoms with Crippen molar-refractivity contribution in [1.29, 1.82) is 0 Å². The van der Waals surface area contributed by atoms with E-state index in [1.807, 2.05) is 41.5 Å². The molecule has 0 atom stereocenters. The van der Waals surface area contributed by atoms with Gasteiger partial charge in [-0.05, 0) is 17.8 Å². The maximum Gasteiger partial charge on any atom is 0.284 e. The molecule has 1 aliphatic rings. The van der Waals surface area contributed by atoms with Gasteiger partial charge in [0.15, 0.2) is 0 Å². The molecule has 8 nitrogen and oxygen atoms in total. The lowest BCUT2D eigenvalue weighted by Crippen LogP contribution is -2.42. The quantitative estimate of drug-likeness (QED) is 0.513. The van der Waals surface area contributed by atoms with Crippen molar-refractivity contribution in [3.05, 3.63) is 11.6 Å². The fourth-order valence-corrected chi connectivity index (χ4v) is 1.55. The Kier molecular flexibility index (Phi) is 8.29. The number of isocyanates is 1. The van der Waals surface area contributed by atoms with Crippen LogP contribution in [0.1, 0.15) is 41.5 Å². The van der Waals surface area contributed by atoms with Crippen LogP contribution < -0.4 is 5.53 Å². The van der Waals surface area contributed by atoms with E-state index in [0.717, 1.165) is 0 Å². The molecule has 0 amide bonds. The predicted octanol–water partition coefficient (Wildman–Crippen LogP) is 2.56. The summed E-state index contributed by atoms with van der Waals surface area (Å²) < 4.78 is 11.6. The van der Waals surface area contributed by atoms with Gasteiger partial charge in [0.05, 0.1) is 19.8 Å². The Hall–Kier alpha value is -2.05. The van der Waals surface area contributed by atoms with E-state index in [-0.39, 0.29) is 17.5 Å². The van der Waals surface area contributed by atoms with Crippen LogP contribution in [0.25, 0.3) is 0 Å². The summed E-state index contributed by atoms with van der Waals surface area (Å²) >= 11 is 0. The average Bonchev–Trinajstić information content (AvgIpc) is 2.50. The Morgan fingerprint density at radius 2 is 1.62 bits per heavy atom. The van der Waals surface area contributed by atoms with E-state index in [9.17, 15) is 4.79 Å². The van der Waals surface area contributed by atoms with Crippen molar-refractivity contribution in [3.63, 3.8) is 0 Å². The topological polar surface area (TPSA) is 84.8 Å².